The van der Waals surface area contributed by atoms with Crippen LogP contribution in [0.4, 0.5) is 0 Å². The first kappa shape index (κ1) is 15.5. The highest BCUT2D eigenvalue weighted by atomic mass is 16.5. The molecule has 0 unspecified atom stereocenters. The fourth-order valence-electron chi connectivity index (χ4n) is 2.09. The zero-order valence-corrected chi connectivity index (χ0v) is 13.5. The Balaban J connectivity index is 1.99. The summed E-state index contributed by atoms with van der Waals surface area (Å²) in [6, 6.07) is 3.94. The first-order chi connectivity index (χ1) is 9.97. The van der Waals surface area contributed by atoms with Crippen molar-refractivity contribution in [1.82, 2.24) is 20.1 Å². The molecule has 5 nitrogen and oxygen atoms in total. The third kappa shape index (κ3) is 4.04. The van der Waals surface area contributed by atoms with Gasteiger partial charge >= 0.3 is 0 Å². The second-order valence-corrected chi connectivity index (χ2v) is 5.76. The first-order valence-corrected chi connectivity index (χ1v) is 7.31. The minimum atomic E-state index is 0.599. The highest BCUT2D eigenvalue weighted by Crippen LogP contribution is 2.26. The van der Waals surface area contributed by atoms with E-state index in [0.29, 0.717) is 11.8 Å². The number of nitrogens with zero attached hydrogens (tertiary/aromatic N) is 3. The van der Waals surface area contributed by atoms with Gasteiger partial charge in [-0.05, 0) is 31.9 Å². The summed E-state index contributed by atoms with van der Waals surface area (Å²) < 4.78 is 7.66. The number of aryl methyl sites for hydroxylation is 2. The lowest BCUT2D eigenvalue weighted by Gasteiger charge is -2.08. The van der Waals surface area contributed by atoms with Crippen LogP contribution in [0.5, 0.6) is 11.6 Å². The van der Waals surface area contributed by atoms with Crippen molar-refractivity contribution in [3.63, 3.8) is 0 Å². The number of ether oxygens (including phenoxy) is 1. The van der Waals surface area contributed by atoms with Crippen molar-refractivity contribution in [1.29, 1.82) is 0 Å². The third-order valence-corrected chi connectivity index (χ3v) is 3.33. The molecule has 0 aliphatic heterocycles. The average Bonchev–Trinajstić information content (AvgIpc) is 2.67. The molecule has 2 aromatic rings. The maximum Gasteiger partial charge on any atom is 0.219 e. The summed E-state index contributed by atoms with van der Waals surface area (Å²) in [5.41, 5.74) is 3.03. The number of rotatable bonds is 6. The fourth-order valence-corrected chi connectivity index (χ4v) is 2.09. The normalized spacial score (nSPS) is 11.1. The summed E-state index contributed by atoms with van der Waals surface area (Å²) in [6.45, 7) is 10.1. The summed E-state index contributed by atoms with van der Waals surface area (Å²) in [4.78, 5) is 4.36. The van der Waals surface area contributed by atoms with Crippen LogP contribution in [0.1, 0.15) is 30.8 Å². The minimum Gasteiger partial charge on any atom is -0.435 e. The molecular formula is C16H24N4O. The molecule has 0 saturated carbocycles. The molecule has 0 saturated heterocycles. The standard InChI is InChI=1S/C16H24N4O/c1-11(2)8-17-9-14-6-7-15(18-10-14)21-16-12(3)19-20(5)13(16)4/h6-7,10-11,17H,8-9H2,1-5H3. The quantitative estimate of drug-likeness (QED) is 0.888. The predicted octanol–water partition coefficient (Wildman–Crippen LogP) is 2.97. The number of nitrogens with one attached hydrogen (secondary N) is 1. The van der Waals surface area contributed by atoms with E-state index >= 15 is 0 Å². The maximum atomic E-state index is 5.84. The summed E-state index contributed by atoms with van der Waals surface area (Å²) in [7, 11) is 1.91. The van der Waals surface area contributed by atoms with Crippen molar-refractivity contribution in [2.24, 2.45) is 13.0 Å². The van der Waals surface area contributed by atoms with E-state index in [9.17, 15) is 0 Å². The Morgan fingerprint density at radius 2 is 2.05 bits per heavy atom. The molecule has 0 spiro atoms. The molecule has 0 atom stereocenters. The van der Waals surface area contributed by atoms with Crippen molar-refractivity contribution < 1.29 is 4.74 Å². The highest BCUT2D eigenvalue weighted by Gasteiger charge is 2.12. The second-order valence-electron chi connectivity index (χ2n) is 5.76. The summed E-state index contributed by atoms with van der Waals surface area (Å²) >= 11 is 0. The largest absolute Gasteiger partial charge is 0.435 e. The molecule has 0 aromatic carbocycles. The lowest BCUT2D eigenvalue weighted by molar-refractivity contribution is 0.454. The van der Waals surface area contributed by atoms with Gasteiger partial charge in [0.2, 0.25) is 5.88 Å². The molecule has 2 aromatic heterocycles. The zero-order valence-electron chi connectivity index (χ0n) is 13.5. The Kier molecular flexibility index (Phi) is 4.96. The first-order valence-electron chi connectivity index (χ1n) is 7.31. The molecule has 0 fully saturated rings. The van der Waals surface area contributed by atoms with Crippen LogP contribution in [0, 0.1) is 19.8 Å². The number of pyridine rings is 1. The smallest absolute Gasteiger partial charge is 0.219 e. The Morgan fingerprint density at radius 3 is 2.57 bits per heavy atom. The van der Waals surface area contributed by atoms with E-state index in [1.807, 2.05) is 43.9 Å². The van der Waals surface area contributed by atoms with Crippen LogP contribution in [-0.4, -0.2) is 21.3 Å². The number of aromatic nitrogens is 3. The molecule has 1 N–H and O–H groups in total. The molecule has 0 amide bonds. The van der Waals surface area contributed by atoms with Crippen molar-refractivity contribution in [3.05, 3.63) is 35.3 Å². The van der Waals surface area contributed by atoms with Crippen molar-refractivity contribution in [2.45, 2.75) is 34.2 Å². The number of hydrogen-bond donors (Lipinski definition) is 1. The fraction of sp³-hybridized carbons (Fsp3) is 0.500. The van der Waals surface area contributed by atoms with E-state index < -0.39 is 0 Å². The summed E-state index contributed by atoms with van der Waals surface area (Å²) in [6.07, 6.45) is 1.85. The van der Waals surface area contributed by atoms with Crippen LogP contribution in [0.25, 0.3) is 0 Å². The van der Waals surface area contributed by atoms with Crippen molar-refractivity contribution >= 4 is 0 Å². The van der Waals surface area contributed by atoms with Gasteiger partial charge in [0, 0.05) is 25.9 Å². The molecule has 0 aliphatic carbocycles. The van der Waals surface area contributed by atoms with Crippen molar-refractivity contribution in [2.75, 3.05) is 6.54 Å². The topological polar surface area (TPSA) is 52.0 Å². The molecule has 5 heteroatoms. The van der Waals surface area contributed by atoms with Crippen LogP contribution < -0.4 is 10.1 Å². The molecule has 0 radical (unpaired) electrons. The van der Waals surface area contributed by atoms with Gasteiger partial charge in [-0.15, -0.1) is 0 Å². The molecule has 2 heterocycles. The minimum absolute atomic E-state index is 0.599. The Bertz CT molecular complexity index is 587. The summed E-state index contributed by atoms with van der Waals surface area (Å²) in [5.74, 6) is 2.04. The van der Waals surface area contributed by atoms with Crippen molar-refractivity contribution in [3.8, 4) is 11.6 Å². The van der Waals surface area contributed by atoms with E-state index in [4.69, 9.17) is 4.74 Å². The molecule has 2 rings (SSSR count). The SMILES string of the molecule is Cc1nn(C)c(C)c1Oc1ccc(CNCC(C)C)cn1. The monoisotopic (exact) mass is 288 g/mol. The second kappa shape index (κ2) is 6.72. The van der Waals surface area contributed by atoms with E-state index in [2.05, 4.69) is 29.2 Å². The number of hydrogen-bond acceptors (Lipinski definition) is 4. The Labute approximate surface area is 126 Å². The van der Waals surface area contributed by atoms with Gasteiger partial charge in [0.25, 0.3) is 0 Å². The van der Waals surface area contributed by atoms with Gasteiger partial charge in [0.05, 0.1) is 5.69 Å². The third-order valence-electron chi connectivity index (χ3n) is 3.33. The molecular weight excluding hydrogens is 264 g/mol. The van der Waals surface area contributed by atoms with Crippen LogP contribution in [-0.2, 0) is 13.6 Å². The molecule has 0 bridgehead atoms. The van der Waals surface area contributed by atoms with Gasteiger partial charge < -0.3 is 10.1 Å². The Hall–Kier alpha value is -1.88. The summed E-state index contributed by atoms with van der Waals surface area (Å²) in [5, 5.41) is 7.73. The molecule has 0 aliphatic rings. The van der Waals surface area contributed by atoms with Gasteiger partial charge in [-0.2, -0.15) is 5.10 Å². The van der Waals surface area contributed by atoms with E-state index in [1.54, 1.807) is 0 Å². The van der Waals surface area contributed by atoms with E-state index in [1.165, 1.54) is 0 Å². The van der Waals surface area contributed by atoms with Crippen LogP contribution in [0.15, 0.2) is 18.3 Å². The van der Waals surface area contributed by atoms with Crippen LogP contribution in [0.3, 0.4) is 0 Å². The molecule has 114 valence electrons. The van der Waals surface area contributed by atoms with Gasteiger partial charge in [-0.3, -0.25) is 4.68 Å². The maximum absolute atomic E-state index is 5.84. The van der Waals surface area contributed by atoms with E-state index in [-0.39, 0.29) is 0 Å². The van der Waals surface area contributed by atoms with Gasteiger partial charge in [-0.25, -0.2) is 4.98 Å². The average molecular weight is 288 g/mol. The Morgan fingerprint density at radius 1 is 1.29 bits per heavy atom. The van der Waals surface area contributed by atoms with Crippen LogP contribution >= 0.6 is 0 Å². The predicted molar refractivity (Wildman–Crippen MR) is 83.5 cm³/mol. The lowest BCUT2D eigenvalue weighted by Crippen LogP contribution is -2.18. The highest BCUT2D eigenvalue weighted by molar-refractivity contribution is 5.35. The zero-order chi connectivity index (χ0) is 15.4. The lowest BCUT2D eigenvalue weighted by atomic mass is 10.2. The van der Waals surface area contributed by atoms with Gasteiger partial charge in [-0.1, -0.05) is 19.9 Å². The van der Waals surface area contributed by atoms with E-state index in [0.717, 1.165) is 35.8 Å². The van der Waals surface area contributed by atoms with Gasteiger partial charge in [0.1, 0.15) is 5.69 Å². The van der Waals surface area contributed by atoms with Crippen LogP contribution in [0.2, 0.25) is 0 Å². The molecule has 21 heavy (non-hydrogen) atoms. The van der Waals surface area contributed by atoms with Gasteiger partial charge in [0.15, 0.2) is 5.75 Å².